The van der Waals surface area contributed by atoms with Crippen molar-refractivity contribution in [2.75, 3.05) is 13.2 Å². The van der Waals surface area contributed by atoms with E-state index in [1.807, 2.05) is 66.7 Å². The molecule has 4 atom stereocenters. The third-order valence-electron chi connectivity index (χ3n) is 8.66. The highest BCUT2D eigenvalue weighted by molar-refractivity contribution is 5.98. The van der Waals surface area contributed by atoms with Gasteiger partial charge in [-0.1, -0.05) is 78.9 Å². The molecule has 0 aliphatic carbocycles. The molecule has 4 amide bonds. The van der Waals surface area contributed by atoms with Crippen molar-refractivity contribution in [3.8, 4) is 0 Å². The van der Waals surface area contributed by atoms with Gasteiger partial charge in [-0.15, -0.1) is 0 Å². The first-order chi connectivity index (χ1) is 22.9. The Morgan fingerprint density at radius 2 is 1.21 bits per heavy atom. The number of benzene rings is 3. The average molecular weight is 639 g/mol. The molecule has 2 aliphatic heterocycles. The lowest BCUT2D eigenvalue weighted by atomic mass is 9.96. The fourth-order valence-electron chi connectivity index (χ4n) is 6.13. The largest absolute Gasteiger partial charge is 0.462 e. The van der Waals surface area contributed by atoms with Crippen LogP contribution >= 0.6 is 0 Å². The van der Waals surface area contributed by atoms with Crippen LogP contribution in [-0.4, -0.2) is 71.8 Å². The van der Waals surface area contributed by atoms with E-state index < -0.39 is 47.9 Å². The predicted molar refractivity (Wildman–Crippen MR) is 176 cm³/mol. The molecule has 10 nitrogen and oxygen atoms in total. The van der Waals surface area contributed by atoms with E-state index in [0.717, 1.165) is 24.0 Å². The molecule has 3 aromatic rings. The second-order valence-electron chi connectivity index (χ2n) is 12.1. The molecular weight excluding hydrogens is 596 g/mol. The van der Waals surface area contributed by atoms with E-state index in [0.29, 0.717) is 31.4 Å². The molecule has 2 heterocycles. The van der Waals surface area contributed by atoms with Gasteiger partial charge in [-0.2, -0.15) is 0 Å². The summed E-state index contributed by atoms with van der Waals surface area (Å²) < 4.78 is 5.39. The van der Waals surface area contributed by atoms with Crippen LogP contribution in [0.15, 0.2) is 91.0 Å². The Morgan fingerprint density at radius 3 is 1.87 bits per heavy atom. The monoisotopic (exact) mass is 638 g/mol. The number of carbonyl (C=O) groups is 5. The molecule has 0 aromatic heterocycles. The summed E-state index contributed by atoms with van der Waals surface area (Å²) in [6.45, 7) is 0.540. The maximum Gasteiger partial charge on any atom is 0.338 e. The molecule has 10 heteroatoms. The predicted octanol–water partition coefficient (Wildman–Crippen LogP) is 3.35. The summed E-state index contributed by atoms with van der Waals surface area (Å²) in [6, 6.07) is 23.8. The standard InChI is InChI=1S/C37H42N4O6/c42-33-29(20-11-13-23-47-37(46)28-18-8-3-9-19-28)38-35(44)32-21-10-12-22-41(32)36(45)31(25-27-16-6-2-7-17-27)40-34(43)30(39-33)24-26-14-4-1-5-15-26/h1-9,14-19,29-32H,10-13,20-25H2,(H,38,44)(H,39,42)(H,40,43)/t29-,30-,31-,32+/m0/s1. The second-order valence-corrected chi connectivity index (χ2v) is 12.1. The number of unbranched alkanes of at least 4 members (excludes halogenated alkanes) is 1. The van der Waals surface area contributed by atoms with Crippen LogP contribution in [0.4, 0.5) is 0 Å². The van der Waals surface area contributed by atoms with Crippen molar-refractivity contribution in [3.63, 3.8) is 0 Å². The molecule has 5 rings (SSSR count). The van der Waals surface area contributed by atoms with Gasteiger partial charge in [-0.3, -0.25) is 19.2 Å². The molecule has 3 aromatic carbocycles. The van der Waals surface area contributed by atoms with Crippen molar-refractivity contribution < 1.29 is 28.7 Å². The molecule has 246 valence electrons. The molecule has 2 saturated heterocycles. The summed E-state index contributed by atoms with van der Waals surface area (Å²) in [5, 5.41) is 8.73. The maximum absolute atomic E-state index is 14.1. The molecule has 0 spiro atoms. The summed E-state index contributed by atoms with van der Waals surface area (Å²) in [5.41, 5.74) is 2.16. The van der Waals surface area contributed by atoms with Crippen LogP contribution in [0.1, 0.15) is 60.0 Å². The first-order valence-electron chi connectivity index (χ1n) is 16.4. The molecule has 47 heavy (non-hydrogen) atoms. The van der Waals surface area contributed by atoms with Crippen molar-refractivity contribution in [2.45, 2.75) is 75.5 Å². The normalized spacial score (nSPS) is 22.1. The molecule has 0 saturated carbocycles. The lowest BCUT2D eigenvalue weighted by Gasteiger charge is -2.38. The molecule has 2 aliphatic rings. The second kappa shape index (κ2) is 16.5. The topological polar surface area (TPSA) is 134 Å². The Hall–Kier alpha value is -4.99. The maximum atomic E-state index is 14.1. The van der Waals surface area contributed by atoms with Gasteiger partial charge < -0.3 is 25.6 Å². The van der Waals surface area contributed by atoms with E-state index in [1.54, 1.807) is 29.2 Å². The number of piperidine rings is 1. The smallest absolute Gasteiger partial charge is 0.338 e. The van der Waals surface area contributed by atoms with E-state index in [1.165, 1.54) is 0 Å². The lowest BCUT2D eigenvalue weighted by Crippen LogP contribution is -2.63. The molecule has 0 unspecified atom stereocenters. The third kappa shape index (κ3) is 9.28. The average Bonchev–Trinajstić information content (AvgIpc) is 3.10. The van der Waals surface area contributed by atoms with Crippen LogP contribution in [0.25, 0.3) is 0 Å². The molecule has 2 fully saturated rings. The van der Waals surface area contributed by atoms with Gasteiger partial charge in [-0.05, 0) is 61.8 Å². The fourth-order valence-corrected chi connectivity index (χ4v) is 6.13. The van der Waals surface area contributed by atoms with Gasteiger partial charge in [0.25, 0.3) is 0 Å². The molecule has 0 bridgehead atoms. The lowest BCUT2D eigenvalue weighted by molar-refractivity contribution is -0.146. The Balaban J connectivity index is 1.35. The van der Waals surface area contributed by atoms with Crippen LogP contribution in [0.5, 0.6) is 0 Å². The van der Waals surface area contributed by atoms with Crippen molar-refractivity contribution >= 4 is 29.6 Å². The van der Waals surface area contributed by atoms with E-state index in [2.05, 4.69) is 16.0 Å². The van der Waals surface area contributed by atoms with Crippen LogP contribution in [0.2, 0.25) is 0 Å². The van der Waals surface area contributed by atoms with Crippen LogP contribution in [0, 0.1) is 0 Å². The van der Waals surface area contributed by atoms with Gasteiger partial charge in [0.05, 0.1) is 12.2 Å². The fraction of sp³-hybridized carbons (Fsp3) is 0.378. The zero-order valence-electron chi connectivity index (χ0n) is 26.4. The van der Waals surface area contributed by atoms with Crippen molar-refractivity contribution in [2.24, 2.45) is 0 Å². The van der Waals surface area contributed by atoms with Gasteiger partial charge in [-0.25, -0.2) is 4.79 Å². The number of esters is 1. The minimum atomic E-state index is -0.987. The van der Waals surface area contributed by atoms with E-state index in [4.69, 9.17) is 4.74 Å². The first-order valence-corrected chi connectivity index (χ1v) is 16.4. The van der Waals surface area contributed by atoms with Gasteiger partial charge in [0.2, 0.25) is 23.6 Å². The summed E-state index contributed by atoms with van der Waals surface area (Å²) >= 11 is 0. The Labute approximate surface area is 275 Å². The summed E-state index contributed by atoms with van der Waals surface area (Å²) in [6.07, 6.45) is 3.63. The minimum absolute atomic E-state index is 0.156. The molecular formula is C37H42N4O6. The van der Waals surface area contributed by atoms with Crippen molar-refractivity contribution in [3.05, 3.63) is 108 Å². The van der Waals surface area contributed by atoms with Crippen molar-refractivity contribution in [1.29, 1.82) is 0 Å². The Morgan fingerprint density at radius 1 is 0.660 bits per heavy atom. The number of nitrogens with one attached hydrogen (secondary N) is 3. The van der Waals surface area contributed by atoms with Crippen molar-refractivity contribution in [1.82, 2.24) is 20.9 Å². The number of ether oxygens (including phenoxy) is 1. The van der Waals surface area contributed by atoms with Gasteiger partial charge in [0.1, 0.15) is 24.2 Å². The summed E-state index contributed by atoms with van der Waals surface area (Å²) in [4.78, 5) is 69.5. The molecule has 0 radical (unpaired) electrons. The number of amides is 4. The quantitative estimate of drug-likeness (QED) is 0.231. The van der Waals surface area contributed by atoms with Crippen LogP contribution < -0.4 is 16.0 Å². The van der Waals surface area contributed by atoms with Crippen LogP contribution in [-0.2, 0) is 36.8 Å². The number of fused-ring (bicyclic) bond motifs is 1. The highest BCUT2D eigenvalue weighted by Gasteiger charge is 2.39. The number of hydrogen-bond donors (Lipinski definition) is 3. The van der Waals surface area contributed by atoms with Gasteiger partial charge in [0, 0.05) is 19.4 Å². The molecule has 3 N–H and O–H groups in total. The SMILES string of the molecule is O=C(OCCCC[C@@H]1NC(=O)[C@H]2CCCCN2C(=O)[C@H](Cc2ccccc2)NC(=O)[C@H](Cc2ccccc2)NC1=O)c1ccccc1. The highest BCUT2D eigenvalue weighted by Crippen LogP contribution is 2.21. The minimum Gasteiger partial charge on any atom is -0.462 e. The number of nitrogens with zero attached hydrogens (tertiary/aromatic N) is 1. The van der Waals surface area contributed by atoms with Gasteiger partial charge in [0.15, 0.2) is 0 Å². The summed E-state index contributed by atoms with van der Waals surface area (Å²) in [5.74, 6) is -2.08. The van der Waals surface area contributed by atoms with Gasteiger partial charge >= 0.3 is 5.97 Å². The van der Waals surface area contributed by atoms with Crippen LogP contribution in [0.3, 0.4) is 0 Å². The van der Waals surface area contributed by atoms with E-state index >= 15 is 0 Å². The Kier molecular flexibility index (Phi) is 11.7. The summed E-state index contributed by atoms with van der Waals surface area (Å²) in [7, 11) is 0. The van der Waals surface area contributed by atoms with E-state index in [-0.39, 0.29) is 31.8 Å². The number of hydrogen-bond acceptors (Lipinski definition) is 6. The number of rotatable bonds is 10. The number of carbonyl (C=O) groups excluding carboxylic acids is 5. The van der Waals surface area contributed by atoms with E-state index in [9.17, 15) is 24.0 Å². The zero-order valence-corrected chi connectivity index (χ0v) is 26.4. The Bertz CT molecular complexity index is 1520. The first kappa shape index (κ1) is 33.4. The zero-order chi connectivity index (χ0) is 33.0. The highest BCUT2D eigenvalue weighted by atomic mass is 16.5. The third-order valence-corrected chi connectivity index (χ3v) is 8.66.